The number of nitrogens with two attached hydrogens (primary N) is 1. The van der Waals surface area contributed by atoms with E-state index < -0.39 is 0 Å². The highest BCUT2D eigenvalue weighted by atomic mass is 79.9. The molecule has 0 aliphatic carbocycles. The van der Waals surface area contributed by atoms with Crippen LogP contribution in [0.25, 0.3) is 0 Å². The maximum atomic E-state index is 13.0. The summed E-state index contributed by atoms with van der Waals surface area (Å²) in [5, 5.41) is 2.73. The summed E-state index contributed by atoms with van der Waals surface area (Å²) in [5.41, 5.74) is 6.10. The normalized spacial score (nSPS) is 12.2. The Labute approximate surface area is 109 Å². The van der Waals surface area contributed by atoms with Crippen molar-refractivity contribution in [3.63, 3.8) is 0 Å². The van der Waals surface area contributed by atoms with E-state index in [4.69, 9.17) is 5.73 Å². The molecule has 1 amide bonds. The van der Waals surface area contributed by atoms with E-state index in [2.05, 4.69) is 21.2 Å². The van der Waals surface area contributed by atoms with Gasteiger partial charge in [-0.3, -0.25) is 4.79 Å². The van der Waals surface area contributed by atoms with Crippen LogP contribution in [0.15, 0.2) is 22.7 Å². The van der Waals surface area contributed by atoms with Crippen molar-refractivity contribution in [3.05, 3.63) is 28.5 Å². The number of hydrogen-bond acceptors (Lipinski definition) is 2. The van der Waals surface area contributed by atoms with E-state index in [9.17, 15) is 9.18 Å². The predicted octanol–water partition coefficient (Wildman–Crippen LogP) is 2.90. The molecular weight excluding hydrogens is 287 g/mol. The molecule has 3 N–H and O–H groups in total. The summed E-state index contributed by atoms with van der Waals surface area (Å²) in [6.07, 6.45) is 1.66. The van der Waals surface area contributed by atoms with Crippen LogP contribution in [0.4, 0.5) is 10.1 Å². The third-order valence-electron chi connectivity index (χ3n) is 2.48. The topological polar surface area (TPSA) is 55.1 Å². The van der Waals surface area contributed by atoms with E-state index in [1.54, 1.807) is 0 Å². The lowest BCUT2D eigenvalue weighted by atomic mass is 10.0. The molecule has 1 aromatic rings. The number of amides is 1. The molecule has 94 valence electrons. The second kappa shape index (κ2) is 6.71. The van der Waals surface area contributed by atoms with Crippen molar-refractivity contribution in [1.29, 1.82) is 0 Å². The van der Waals surface area contributed by atoms with Crippen LogP contribution in [0, 0.1) is 11.7 Å². The van der Waals surface area contributed by atoms with E-state index in [-0.39, 0.29) is 17.6 Å². The summed E-state index contributed by atoms with van der Waals surface area (Å²) < 4.78 is 13.3. The minimum absolute atomic E-state index is 0.118. The predicted molar refractivity (Wildman–Crippen MR) is 70.2 cm³/mol. The van der Waals surface area contributed by atoms with Crippen LogP contribution < -0.4 is 11.1 Å². The van der Waals surface area contributed by atoms with Gasteiger partial charge in [-0.1, -0.05) is 13.3 Å². The van der Waals surface area contributed by atoms with Crippen LogP contribution in [-0.2, 0) is 4.79 Å². The minimum atomic E-state index is -0.355. The second-order valence-electron chi connectivity index (χ2n) is 3.84. The molecular formula is C12H16BrFN2O. The van der Waals surface area contributed by atoms with E-state index in [1.165, 1.54) is 18.2 Å². The molecule has 1 aromatic carbocycles. The maximum Gasteiger partial charge on any atom is 0.228 e. The summed E-state index contributed by atoms with van der Waals surface area (Å²) in [7, 11) is 0. The molecule has 1 rings (SSSR count). The molecule has 3 nitrogen and oxygen atoms in total. The highest BCUT2D eigenvalue weighted by molar-refractivity contribution is 9.10. The fourth-order valence-electron chi connectivity index (χ4n) is 1.52. The third kappa shape index (κ3) is 4.09. The Bertz CT molecular complexity index is 398. The first kappa shape index (κ1) is 14.1. The van der Waals surface area contributed by atoms with Gasteiger partial charge in [0.05, 0.1) is 10.4 Å². The van der Waals surface area contributed by atoms with Crippen molar-refractivity contribution in [2.75, 3.05) is 11.9 Å². The monoisotopic (exact) mass is 302 g/mol. The Morgan fingerprint density at radius 1 is 1.59 bits per heavy atom. The number of nitrogens with one attached hydrogen (secondary N) is 1. The van der Waals surface area contributed by atoms with E-state index >= 15 is 0 Å². The van der Waals surface area contributed by atoms with Crippen LogP contribution in [0.2, 0.25) is 0 Å². The van der Waals surface area contributed by atoms with Crippen molar-refractivity contribution >= 4 is 27.5 Å². The standard InChI is InChI=1S/C12H16BrFN2O/c1-2-3-8(7-15)12(17)16-9-4-5-11(14)10(13)6-9/h4-6,8H,2-3,7,15H2,1H3,(H,16,17). The smallest absolute Gasteiger partial charge is 0.228 e. The molecule has 0 radical (unpaired) electrons. The highest BCUT2D eigenvalue weighted by Gasteiger charge is 2.15. The third-order valence-corrected chi connectivity index (χ3v) is 3.09. The zero-order valence-electron chi connectivity index (χ0n) is 9.67. The lowest BCUT2D eigenvalue weighted by molar-refractivity contribution is -0.119. The molecule has 0 saturated carbocycles. The Hall–Kier alpha value is -0.940. The molecule has 0 bridgehead atoms. The molecule has 1 atom stereocenters. The van der Waals surface area contributed by atoms with Crippen molar-refractivity contribution < 1.29 is 9.18 Å². The number of rotatable bonds is 5. The molecule has 17 heavy (non-hydrogen) atoms. The SMILES string of the molecule is CCCC(CN)C(=O)Nc1ccc(F)c(Br)c1. The summed E-state index contributed by atoms with van der Waals surface area (Å²) in [6, 6.07) is 4.36. The fourth-order valence-corrected chi connectivity index (χ4v) is 1.90. The minimum Gasteiger partial charge on any atom is -0.330 e. The van der Waals surface area contributed by atoms with Gasteiger partial charge in [-0.15, -0.1) is 0 Å². The van der Waals surface area contributed by atoms with Crippen molar-refractivity contribution in [2.24, 2.45) is 11.7 Å². The summed E-state index contributed by atoms with van der Waals surface area (Å²) in [4.78, 5) is 11.8. The Morgan fingerprint density at radius 3 is 2.82 bits per heavy atom. The summed E-state index contributed by atoms with van der Waals surface area (Å²) in [5.74, 6) is -0.663. The van der Waals surface area contributed by atoms with Crippen LogP contribution in [-0.4, -0.2) is 12.5 Å². The van der Waals surface area contributed by atoms with Crippen LogP contribution in [0.1, 0.15) is 19.8 Å². The Kier molecular flexibility index (Phi) is 5.58. The van der Waals surface area contributed by atoms with Crippen molar-refractivity contribution in [1.82, 2.24) is 0 Å². The zero-order chi connectivity index (χ0) is 12.8. The number of anilines is 1. The molecule has 0 aliphatic heterocycles. The molecule has 5 heteroatoms. The van der Waals surface area contributed by atoms with Gasteiger partial charge in [-0.05, 0) is 40.5 Å². The van der Waals surface area contributed by atoms with Gasteiger partial charge in [0, 0.05) is 12.2 Å². The summed E-state index contributed by atoms with van der Waals surface area (Å²) >= 11 is 3.07. The molecule has 0 aromatic heterocycles. The molecule has 0 fully saturated rings. The lowest BCUT2D eigenvalue weighted by Crippen LogP contribution is -2.29. The average molecular weight is 303 g/mol. The van der Waals surface area contributed by atoms with Crippen LogP contribution >= 0.6 is 15.9 Å². The highest BCUT2D eigenvalue weighted by Crippen LogP contribution is 2.20. The van der Waals surface area contributed by atoms with Gasteiger partial charge in [0.2, 0.25) is 5.91 Å². The summed E-state index contributed by atoms with van der Waals surface area (Å²) in [6.45, 7) is 2.33. The Morgan fingerprint density at radius 2 is 2.29 bits per heavy atom. The number of benzene rings is 1. The first-order valence-electron chi connectivity index (χ1n) is 5.54. The van der Waals surface area contributed by atoms with Gasteiger partial charge in [0.1, 0.15) is 5.82 Å². The quantitative estimate of drug-likeness (QED) is 0.879. The fraction of sp³-hybridized carbons (Fsp3) is 0.417. The van der Waals surface area contributed by atoms with Gasteiger partial charge in [-0.2, -0.15) is 0 Å². The Balaban J connectivity index is 2.69. The van der Waals surface area contributed by atoms with Gasteiger partial charge in [0.15, 0.2) is 0 Å². The molecule has 0 saturated heterocycles. The number of carbonyl (C=O) groups is 1. The van der Waals surface area contributed by atoms with Gasteiger partial charge >= 0.3 is 0 Å². The van der Waals surface area contributed by atoms with E-state index in [0.717, 1.165) is 12.8 Å². The molecule has 0 heterocycles. The first-order chi connectivity index (χ1) is 8.08. The van der Waals surface area contributed by atoms with Gasteiger partial charge in [0.25, 0.3) is 0 Å². The zero-order valence-corrected chi connectivity index (χ0v) is 11.3. The van der Waals surface area contributed by atoms with E-state index in [0.29, 0.717) is 16.7 Å². The first-order valence-corrected chi connectivity index (χ1v) is 6.33. The maximum absolute atomic E-state index is 13.0. The number of carbonyl (C=O) groups excluding carboxylic acids is 1. The van der Waals surface area contributed by atoms with Gasteiger partial charge < -0.3 is 11.1 Å². The number of hydrogen-bond donors (Lipinski definition) is 2. The van der Waals surface area contributed by atoms with Crippen LogP contribution in [0.3, 0.4) is 0 Å². The number of halogens is 2. The largest absolute Gasteiger partial charge is 0.330 e. The average Bonchev–Trinajstić information content (AvgIpc) is 2.30. The van der Waals surface area contributed by atoms with Crippen LogP contribution in [0.5, 0.6) is 0 Å². The van der Waals surface area contributed by atoms with Crippen molar-refractivity contribution in [3.8, 4) is 0 Å². The van der Waals surface area contributed by atoms with Crippen molar-refractivity contribution in [2.45, 2.75) is 19.8 Å². The molecule has 0 aliphatic rings. The second-order valence-corrected chi connectivity index (χ2v) is 4.69. The van der Waals surface area contributed by atoms with E-state index in [1.807, 2.05) is 6.92 Å². The molecule has 0 spiro atoms. The molecule has 1 unspecified atom stereocenters. The van der Waals surface area contributed by atoms with Gasteiger partial charge in [-0.25, -0.2) is 4.39 Å². The lowest BCUT2D eigenvalue weighted by Gasteiger charge is -2.14.